The molecule has 4 fully saturated rings. The van der Waals surface area contributed by atoms with Crippen LogP contribution < -0.4 is 154 Å². The van der Waals surface area contributed by atoms with Crippen LogP contribution in [0.3, 0.4) is 0 Å². The molecule has 5 N–H and O–H groups in total. The van der Waals surface area contributed by atoms with Crippen LogP contribution >= 0.6 is 24.4 Å². The fourth-order valence-corrected chi connectivity index (χ4v) is 19.0. The van der Waals surface area contributed by atoms with Gasteiger partial charge in [0.1, 0.15) is 46.7 Å². The van der Waals surface area contributed by atoms with Gasteiger partial charge in [0.05, 0.1) is 76.7 Å². The number of benzene rings is 6. The van der Waals surface area contributed by atoms with Crippen molar-refractivity contribution in [1.82, 2.24) is 31.1 Å². The first kappa shape index (κ1) is 123. The molecule has 0 radical (unpaired) electrons. The molecule has 4 heterocycles. The van der Waals surface area contributed by atoms with E-state index >= 15 is 0 Å². The number of nitriles is 2. The molecule has 39 heteroatoms. The van der Waals surface area contributed by atoms with E-state index < -0.39 is 92.5 Å². The van der Waals surface area contributed by atoms with E-state index in [0.29, 0.717) is 115 Å². The second-order valence-corrected chi connectivity index (χ2v) is 40.4. The Bertz CT molecular complexity index is 5510. The fraction of sp³-hybridized carbons (Fsp3) is 0.538. The second-order valence-electron chi connectivity index (χ2n) is 39.6. The van der Waals surface area contributed by atoms with Crippen LogP contribution in [-0.4, -0.2) is 186 Å². The third-order valence-electron chi connectivity index (χ3n) is 26.4. The average Bonchev–Trinajstić information content (AvgIpc) is 1.58. The van der Waals surface area contributed by atoms with Gasteiger partial charge in [-0.2, -0.15) is 36.9 Å². The van der Waals surface area contributed by atoms with E-state index in [0.717, 1.165) is 102 Å². The van der Waals surface area contributed by atoms with Crippen LogP contribution in [0.2, 0.25) is 0 Å². The summed E-state index contributed by atoms with van der Waals surface area (Å²) in [6, 6.07) is 35.0. The van der Waals surface area contributed by atoms with Gasteiger partial charge in [0, 0.05) is 88.8 Å². The van der Waals surface area contributed by atoms with Crippen molar-refractivity contribution in [2.24, 2.45) is 22.7 Å². The number of phenols is 1. The number of aromatic hydroxyl groups is 1. The summed E-state index contributed by atoms with van der Waals surface area (Å²) in [5.74, 6) is -1.90. The van der Waals surface area contributed by atoms with Crippen molar-refractivity contribution in [3.8, 4) is 23.6 Å². The number of amides is 8. The van der Waals surface area contributed by atoms with Gasteiger partial charge in [-0.1, -0.05) is 144 Å². The van der Waals surface area contributed by atoms with Gasteiger partial charge in [-0.3, -0.25) is 53.0 Å². The normalized spacial score (nSPS) is 19.0. The Hall–Kier alpha value is -8.44. The number of phenolic OH excluding ortho intramolecular Hbond substituents is 1. The Balaban J connectivity index is 0.000000358. The molecule has 10 atom stereocenters. The van der Waals surface area contributed by atoms with Crippen LogP contribution in [0.4, 0.5) is 49.1 Å². The predicted molar refractivity (Wildman–Crippen MR) is 535 cm³/mol. The standard InChI is InChI=1S/C52H65F3N6O7S.C34H55N3O5.C19H14F3N3O2S.CH2O3.2K.H/c1-8-33(2)45(62)58-44(50(3,4)5)47(64)59-25-14-18-41(59)46(63)57-43-39-17-11-10-16-34(39)30-42(43)68-29-15-27-66-26-12-9-13-28-67-38-23-21-36(22-24-38)61-49(69)60(48(65)51(61,6)7)37-20-19-35(32-56)40(31-37)52(53,54)55;1-7-9-10-13-20-41-21-15-22-42-28-23-25-16-11-12-17-26(25)29(28)35-32(39)27-18-14-19-37(27)33(40)30(34(4,5)6)36-31(38)24(3)8-2;1-18(2)16(27)24(17(28)25(18)12-5-7-14(26)8-6-12)13-4-3-11(10-23)15(9-13)19(20,21)22;2-1-4-3;;;/h10-11,16-17,19-24,31,33,41-44H,8-9,12-15,18,25-30H2,1-7H3,(H,57,63)(H,58,62);11-12,16-17,24,27-30H,7-10,13-15,18-23H2,1-6H3,(H,35,39)(H,36,38);3-9,26H,1-2H3;1,3H;;;/q;;;;2*+1;-1/p-1/t33-,41+,42-,43+,44-;24-,27+,28-,29+,30-;;;;;/m11...../s1. The molecule has 778 valence electrons. The van der Waals surface area contributed by atoms with Gasteiger partial charge in [-0.15, -0.1) is 0 Å². The number of nitrogens with zero attached hydrogens (tertiary/aromatic N) is 8. The number of thiocarbonyl (C=S) groups is 2. The SMILES string of the molecule is CC1(C)C(=O)N(c2ccc(C#N)c(C(F)(F)F)c2)C(=S)N1c1ccc(O)cc1.CCCCCCOCCCO[C@@H]1Cc2ccccc2[C@@H]1NC(=O)[C@@H]1CCCN1C(=O)[C@@H](NC(=O)[C@H](C)CC)C(C)(C)C.CC[C@@H](C)C(=O)N[C@H](C(=O)N1CCC[C@H]1C(=O)N[C@H]1c2ccccc2C[C@H]1OCCCOCCCCCOc1ccc(N2C(=S)N(c3ccc(C#N)c(C(F)(F)F)c3)C(=O)C2(C)C)cc1)C(C)(C)C.O=CO[O-].[H-].[K+].[K+]. The third kappa shape index (κ3) is 32.3. The molecule has 8 amide bonds. The van der Waals surface area contributed by atoms with Crippen molar-refractivity contribution in [1.29, 1.82) is 10.5 Å². The number of unbranched alkanes of at least 4 members (excludes halogenated alkanes) is 5. The number of ether oxygens (including phenoxy) is 5. The van der Waals surface area contributed by atoms with Crippen LogP contribution in [0.5, 0.6) is 11.5 Å². The maximum atomic E-state index is 14.0. The summed E-state index contributed by atoms with van der Waals surface area (Å²) in [5.41, 5.74) is -1.47. The third-order valence-corrected chi connectivity index (χ3v) is 27.1. The van der Waals surface area contributed by atoms with Gasteiger partial charge in [0.25, 0.3) is 18.3 Å². The number of anilines is 4. The monoisotopic (exact) mass is 2100 g/mol. The van der Waals surface area contributed by atoms with Crippen LogP contribution in [0.15, 0.2) is 133 Å². The average molecular weight is 2110 g/mol. The number of fused-ring (bicyclic) bond motifs is 2. The number of halogens is 6. The van der Waals surface area contributed by atoms with Gasteiger partial charge in [0.2, 0.25) is 35.4 Å². The van der Waals surface area contributed by atoms with Gasteiger partial charge in [-0.25, -0.2) is 0 Å². The van der Waals surface area contributed by atoms with Gasteiger partial charge in [-0.05, 0) is 247 Å². The molecule has 6 aromatic carbocycles. The molecule has 6 aromatic rings. The summed E-state index contributed by atoms with van der Waals surface area (Å²) >= 11 is 11.0. The molecule has 145 heavy (non-hydrogen) atoms. The van der Waals surface area contributed by atoms with Crippen LogP contribution in [0, 0.1) is 45.3 Å². The Kier molecular flexibility index (Phi) is 48.1. The summed E-state index contributed by atoms with van der Waals surface area (Å²) in [6.07, 6.45) is 4.12. The topological polar surface area (TPSA) is 367 Å². The fourth-order valence-electron chi connectivity index (χ4n) is 18.0. The molecule has 6 aliphatic rings. The molecular formula is C106H136F6K2N12O17S2. The van der Waals surface area contributed by atoms with Crippen LogP contribution in [0.25, 0.3) is 0 Å². The quantitative estimate of drug-likeness (QED) is 0.00455. The Morgan fingerprint density at radius 2 is 0.890 bits per heavy atom. The zero-order chi connectivity index (χ0) is 105. The summed E-state index contributed by atoms with van der Waals surface area (Å²) in [7, 11) is 0. The van der Waals surface area contributed by atoms with E-state index in [1.54, 1.807) is 84.9 Å². The molecule has 4 saturated heterocycles. The predicted octanol–water partition coefficient (Wildman–Crippen LogP) is 10.9. The maximum Gasteiger partial charge on any atom is 1.00 e. The van der Waals surface area contributed by atoms with Crippen molar-refractivity contribution in [3.63, 3.8) is 0 Å². The molecule has 0 spiro atoms. The second kappa shape index (κ2) is 56.4. The summed E-state index contributed by atoms with van der Waals surface area (Å²) in [4.78, 5) is 128. The number of rotatable bonds is 39. The minimum atomic E-state index is -4.79. The van der Waals surface area contributed by atoms with Crippen LogP contribution in [-0.2, 0) is 92.2 Å². The smallest absolute Gasteiger partial charge is 1.00 e. The number of hydrogen-bond acceptors (Lipinski definition) is 21. The zero-order valence-electron chi connectivity index (χ0n) is 87.1. The summed E-state index contributed by atoms with van der Waals surface area (Å²) in [6.45, 7) is 32.7. The number of carbonyl (C=O) groups excluding carboxylic acids is 9. The minimum Gasteiger partial charge on any atom is -1.00 e. The molecule has 0 aromatic heterocycles. The van der Waals surface area contributed by atoms with E-state index in [-0.39, 0.29) is 210 Å². The number of carbonyl (C=O) groups is 9. The minimum absolute atomic E-state index is 0. The molecule has 12 rings (SSSR count). The Labute approximate surface area is 943 Å². The molecule has 0 bridgehead atoms. The van der Waals surface area contributed by atoms with E-state index in [1.165, 1.54) is 60.1 Å². The van der Waals surface area contributed by atoms with Gasteiger partial charge < -0.3 is 81.2 Å². The van der Waals surface area contributed by atoms with Crippen molar-refractivity contribution in [2.45, 2.75) is 285 Å². The Morgan fingerprint density at radius 3 is 1.25 bits per heavy atom. The van der Waals surface area contributed by atoms with E-state index in [9.17, 15) is 75.1 Å². The maximum absolute atomic E-state index is 14.0. The Morgan fingerprint density at radius 1 is 0.531 bits per heavy atom. The molecule has 29 nitrogen and oxygen atoms in total. The summed E-state index contributed by atoms with van der Waals surface area (Å²) < 4.78 is 111. The zero-order valence-corrected chi connectivity index (χ0v) is 94.0. The van der Waals surface area contributed by atoms with Crippen molar-refractivity contribution in [2.75, 3.05) is 78.9 Å². The van der Waals surface area contributed by atoms with Crippen molar-refractivity contribution >= 4 is 111 Å². The molecule has 2 aliphatic carbocycles. The molecule has 4 aliphatic heterocycles. The molecular weight excluding hydrogens is 1970 g/mol. The largest absolute Gasteiger partial charge is 1.00 e. The van der Waals surface area contributed by atoms with Gasteiger partial charge >= 0.3 is 115 Å². The molecule has 0 unspecified atom stereocenters. The van der Waals surface area contributed by atoms with E-state index in [2.05, 4.69) is 51.3 Å². The van der Waals surface area contributed by atoms with E-state index in [1.807, 2.05) is 99.6 Å². The first-order chi connectivity index (χ1) is 67.7. The first-order valence-corrected chi connectivity index (χ1v) is 49.7. The van der Waals surface area contributed by atoms with Gasteiger partial charge in [0.15, 0.2) is 10.2 Å². The number of nitrogens with one attached hydrogen (secondary N) is 4. The summed E-state index contributed by atoms with van der Waals surface area (Å²) in [5, 5.41) is 48.6. The number of likely N-dealkylation sites (tertiary alicyclic amines) is 2. The molecule has 0 saturated carbocycles. The van der Waals surface area contributed by atoms with Crippen molar-refractivity contribution in [3.05, 3.63) is 178 Å². The number of hydrogen-bond donors (Lipinski definition) is 5. The number of alkyl halides is 6. The first-order valence-electron chi connectivity index (χ1n) is 48.9. The van der Waals surface area contributed by atoms with Crippen molar-refractivity contribution < 1.29 is 213 Å². The van der Waals surface area contributed by atoms with Crippen LogP contribution in [0.1, 0.15) is 258 Å². The van der Waals surface area contributed by atoms with E-state index in [4.69, 9.17) is 63.4 Å².